The zero-order valence-corrected chi connectivity index (χ0v) is 10.5. The highest BCUT2D eigenvalue weighted by atomic mass is 16.5. The van der Waals surface area contributed by atoms with Gasteiger partial charge in [0.2, 0.25) is 0 Å². The van der Waals surface area contributed by atoms with Gasteiger partial charge in [-0.3, -0.25) is 4.98 Å². The van der Waals surface area contributed by atoms with Gasteiger partial charge in [0, 0.05) is 24.6 Å². The van der Waals surface area contributed by atoms with Crippen LogP contribution in [0.2, 0.25) is 0 Å². The van der Waals surface area contributed by atoms with Crippen molar-refractivity contribution >= 4 is 11.7 Å². The Balaban J connectivity index is 1.70. The third kappa shape index (κ3) is 2.59. The number of pyridine rings is 1. The molecular formula is C14H15N3O2. The van der Waals surface area contributed by atoms with Gasteiger partial charge in [-0.05, 0) is 36.6 Å². The summed E-state index contributed by atoms with van der Waals surface area (Å²) in [5.74, 6) is -0.333. The number of aromatic nitrogens is 2. The summed E-state index contributed by atoms with van der Waals surface area (Å²) in [5.41, 5.74) is 7.81. The average molecular weight is 257 g/mol. The summed E-state index contributed by atoms with van der Waals surface area (Å²) in [6, 6.07) is 5.72. The molecule has 5 heteroatoms. The van der Waals surface area contributed by atoms with E-state index in [0.717, 1.165) is 18.4 Å². The van der Waals surface area contributed by atoms with Gasteiger partial charge in [0.05, 0.1) is 5.69 Å². The molecule has 5 nitrogen and oxygen atoms in total. The molecule has 0 unspecified atom stereocenters. The van der Waals surface area contributed by atoms with E-state index in [1.165, 1.54) is 0 Å². The molecule has 98 valence electrons. The third-order valence-electron chi connectivity index (χ3n) is 3.14. The molecule has 0 spiro atoms. The SMILES string of the molecule is Nc1cc(C(=O)OCc2ccncc2)n(C2CC2)c1. The van der Waals surface area contributed by atoms with Crippen molar-refractivity contribution < 1.29 is 9.53 Å². The van der Waals surface area contributed by atoms with Gasteiger partial charge in [0.1, 0.15) is 12.3 Å². The predicted molar refractivity (Wildman–Crippen MR) is 70.5 cm³/mol. The van der Waals surface area contributed by atoms with Gasteiger partial charge < -0.3 is 15.0 Å². The first-order valence-electron chi connectivity index (χ1n) is 6.27. The van der Waals surface area contributed by atoms with Gasteiger partial charge in [-0.1, -0.05) is 0 Å². The van der Waals surface area contributed by atoms with Gasteiger partial charge in [-0.2, -0.15) is 0 Å². The van der Waals surface area contributed by atoms with Crippen molar-refractivity contribution in [1.82, 2.24) is 9.55 Å². The number of esters is 1. The molecule has 2 aromatic rings. The van der Waals surface area contributed by atoms with Crippen LogP contribution in [0.4, 0.5) is 5.69 Å². The maximum Gasteiger partial charge on any atom is 0.355 e. The van der Waals surface area contributed by atoms with Crippen LogP contribution >= 0.6 is 0 Å². The second-order valence-corrected chi connectivity index (χ2v) is 4.73. The molecule has 0 amide bonds. The normalized spacial score (nSPS) is 14.3. The van der Waals surface area contributed by atoms with Crippen LogP contribution in [0, 0.1) is 0 Å². The maximum absolute atomic E-state index is 12.1. The Morgan fingerprint density at radius 1 is 1.42 bits per heavy atom. The molecular weight excluding hydrogens is 242 g/mol. The van der Waals surface area contributed by atoms with E-state index in [0.29, 0.717) is 17.4 Å². The number of nitrogen functional groups attached to an aromatic ring is 1. The van der Waals surface area contributed by atoms with Crippen molar-refractivity contribution in [3.63, 3.8) is 0 Å². The van der Waals surface area contributed by atoms with Crippen molar-refractivity contribution in [2.24, 2.45) is 0 Å². The highest BCUT2D eigenvalue weighted by Crippen LogP contribution is 2.37. The Morgan fingerprint density at radius 3 is 2.84 bits per heavy atom. The van der Waals surface area contributed by atoms with Crippen molar-refractivity contribution in [3.05, 3.63) is 48.0 Å². The summed E-state index contributed by atoms with van der Waals surface area (Å²) in [4.78, 5) is 16.0. The van der Waals surface area contributed by atoms with Crippen LogP contribution in [0.1, 0.15) is 34.9 Å². The predicted octanol–water partition coefficient (Wildman–Crippen LogP) is 2.16. The fourth-order valence-corrected chi connectivity index (χ4v) is 2.02. The number of hydrogen-bond donors (Lipinski definition) is 1. The highest BCUT2D eigenvalue weighted by molar-refractivity contribution is 5.89. The molecule has 0 bridgehead atoms. The van der Waals surface area contributed by atoms with Gasteiger partial charge in [0.15, 0.2) is 0 Å². The molecule has 2 heterocycles. The van der Waals surface area contributed by atoms with Crippen LogP contribution < -0.4 is 5.73 Å². The van der Waals surface area contributed by atoms with E-state index in [1.54, 1.807) is 24.7 Å². The summed E-state index contributed by atoms with van der Waals surface area (Å²) >= 11 is 0. The highest BCUT2D eigenvalue weighted by Gasteiger charge is 2.28. The molecule has 1 saturated carbocycles. The molecule has 0 aliphatic heterocycles. The van der Waals surface area contributed by atoms with E-state index in [9.17, 15) is 4.79 Å². The topological polar surface area (TPSA) is 70.1 Å². The third-order valence-corrected chi connectivity index (χ3v) is 3.14. The van der Waals surface area contributed by atoms with Gasteiger partial charge in [-0.25, -0.2) is 4.79 Å². The first kappa shape index (κ1) is 11.8. The first-order valence-corrected chi connectivity index (χ1v) is 6.27. The minimum atomic E-state index is -0.333. The van der Waals surface area contributed by atoms with Crippen LogP contribution in [-0.2, 0) is 11.3 Å². The van der Waals surface area contributed by atoms with E-state index < -0.39 is 0 Å². The largest absolute Gasteiger partial charge is 0.456 e. The van der Waals surface area contributed by atoms with Crippen molar-refractivity contribution in [2.75, 3.05) is 5.73 Å². The lowest BCUT2D eigenvalue weighted by molar-refractivity contribution is 0.0459. The van der Waals surface area contributed by atoms with Crippen LogP contribution in [0.5, 0.6) is 0 Å². The van der Waals surface area contributed by atoms with Gasteiger partial charge in [-0.15, -0.1) is 0 Å². The van der Waals surface area contributed by atoms with E-state index in [4.69, 9.17) is 10.5 Å². The Hall–Kier alpha value is -2.30. The minimum Gasteiger partial charge on any atom is -0.456 e. The fraction of sp³-hybridized carbons (Fsp3) is 0.286. The molecule has 19 heavy (non-hydrogen) atoms. The molecule has 1 fully saturated rings. The summed E-state index contributed by atoms with van der Waals surface area (Å²) in [7, 11) is 0. The lowest BCUT2D eigenvalue weighted by Gasteiger charge is -2.07. The molecule has 2 aromatic heterocycles. The fourth-order valence-electron chi connectivity index (χ4n) is 2.02. The van der Waals surface area contributed by atoms with Crippen LogP contribution in [0.25, 0.3) is 0 Å². The zero-order chi connectivity index (χ0) is 13.2. The zero-order valence-electron chi connectivity index (χ0n) is 10.5. The van der Waals surface area contributed by atoms with Gasteiger partial charge >= 0.3 is 5.97 Å². The van der Waals surface area contributed by atoms with Crippen molar-refractivity contribution in [1.29, 1.82) is 0 Å². The molecule has 0 atom stereocenters. The number of carbonyl (C=O) groups excluding carboxylic acids is 1. The minimum absolute atomic E-state index is 0.247. The Morgan fingerprint density at radius 2 is 2.16 bits per heavy atom. The average Bonchev–Trinajstić information content (AvgIpc) is 3.20. The summed E-state index contributed by atoms with van der Waals surface area (Å²) in [5, 5.41) is 0. The second kappa shape index (κ2) is 4.76. The number of nitrogens with two attached hydrogens (primary N) is 1. The lowest BCUT2D eigenvalue weighted by Crippen LogP contribution is -2.11. The first-order chi connectivity index (χ1) is 9.24. The number of ether oxygens (including phenoxy) is 1. The number of carbonyl (C=O) groups is 1. The van der Waals surface area contributed by atoms with Crippen LogP contribution in [0.3, 0.4) is 0 Å². The lowest BCUT2D eigenvalue weighted by atomic mass is 10.3. The molecule has 3 rings (SSSR count). The number of hydrogen-bond acceptors (Lipinski definition) is 4. The van der Waals surface area contributed by atoms with E-state index >= 15 is 0 Å². The molecule has 1 aliphatic rings. The second-order valence-electron chi connectivity index (χ2n) is 4.73. The Kier molecular flexibility index (Phi) is 2.95. The van der Waals surface area contributed by atoms with Crippen LogP contribution in [0.15, 0.2) is 36.8 Å². The summed E-state index contributed by atoms with van der Waals surface area (Å²) in [6.45, 7) is 0.247. The van der Waals surface area contributed by atoms with Crippen molar-refractivity contribution in [2.45, 2.75) is 25.5 Å². The van der Waals surface area contributed by atoms with E-state index in [-0.39, 0.29) is 12.6 Å². The molecule has 2 N–H and O–H groups in total. The smallest absolute Gasteiger partial charge is 0.355 e. The summed E-state index contributed by atoms with van der Waals surface area (Å²) < 4.78 is 7.22. The monoisotopic (exact) mass is 257 g/mol. The quantitative estimate of drug-likeness (QED) is 0.852. The van der Waals surface area contributed by atoms with Crippen molar-refractivity contribution in [3.8, 4) is 0 Å². The molecule has 0 radical (unpaired) electrons. The molecule has 1 aliphatic carbocycles. The van der Waals surface area contributed by atoms with Gasteiger partial charge in [0.25, 0.3) is 0 Å². The Labute approximate surface area is 111 Å². The number of nitrogens with zero attached hydrogens (tertiary/aromatic N) is 2. The number of anilines is 1. The maximum atomic E-state index is 12.1. The molecule has 0 saturated heterocycles. The molecule has 0 aromatic carbocycles. The van der Waals surface area contributed by atoms with E-state index in [1.807, 2.05) is 16.7 Å². The Bertz CT molecular complexity index is 588. The summed E-state index contributed by atoms with van der Waals surface area (Å²) in [6.07, 6.45) is 7.35. The standard InChI is InChI=1S/C14H15N3O2/c15-11-7-13(17(8-11)12-1-2-12)14(18)19-9-10-3-5-16-6-4-10/h3-8,12H,1-2,9,15H2. The number of rotatable bonds is 4. The van der Waals surface area contributed by atoms with Crippen LogP contribution in [-0.4, -0.2) is 15.5 Å². The van der Waals surface area contributed by atoms with E-state index in [2.05, 4.69) is 4.98 Å².